The van der Waals surface area contributed by atoms with Crippen LogP contribution >= 0.6 is 0 Å². The molecular formula is C41H69N3O7. The number of hydrogen-bond donors (Lipinski definition) is 2. The van der Waals surface area contributed by atoms with Gasteiger partial charge in [0.1, 0.15) is 5.78 Å². The van der Waals surface area contributed by atoms with Gasteiger partial charge in [0, 0.05) is 52.5 Å². The molecule has 10 nitrogen and oxygen atoms in total. The highest BCUT2D eigenvalue weighted by molar-refractivity contribution is 5.90. The van der Waals surface area contributed by atoms with E-state index in [1.165, 1.54) is 0 Å². The number of likely N-dealkylation sites (tertiary alicyclic amines) is 1. The van der Waals surface area contributed by atoms with E-state index < -0.39 is 36.2 Å². The van der Waals surface area contributed by atoms with Crippen molar-refractivity contribution in [3.63, 3.8) is 0 Å². The van der Waals surface area contributed by atoms with Crippen molar-refractivity contribution >= 4 is 23.4 Å². The molecular weight excluding hydrogens is 646 g/mol. The van der Waals surface area contributed by atoms with Gasteiger partial charge in [-0.3, -0.25) is 19.2 Å². The molecule has 290 valence electrons. The van der Waals surface area contributed by atoms with Gasteiger partial charge in [0.2, 0.25) is 11.8 Å². The number of aliphatic hydroxyl groups is 1. The first-order valence-corrected chi connectivity index (χ1v) is 19.1. The fraction of sp³-hybridized carbons (Fsp3) is 0.756. The van der Waals surface area contributed by atoms with E-state index in [1.807, 2.05) is 76.8 Å². The number of nitrogens with one attached hydrogen (secondary N) is 1. The molecule has 0 aromatic heterocycles. The van der Waals surface area contributed by atoms with E-state index >= 15 is 0 Å². The van der Waals surface area contributed by atoms with Crippen LogP contribution < -0.4 is 5.32 Å². The summed E-state index contributed by atoms with van der Waals surface area (Å²) in [5.74, 6) is -1.41. The van der Waals surface area contributed by atoms with Gasteiger partial charge in [0.25, 0.3) is 0 Å². The summed E-state index contributed by atoms with van der Waals surface area (Å²) >= 11 is 0. The molecule has 0 radical (unpaired) electrons. The highest BCUT2D eigenvalue weighted by Crippen LogP contribution is 2.32. The standard InChI is InChI=1S/C41H69N3O7/c1-13-27(6)38(43(10)41(49)31(25(2)3)23-34(46)37(42-9)26(4)5)35(50-11)24-36(47)44-21-17-20-32(44)40(51-12)29(8)33(45)22-28(7)39(48)30-18-15-14-16-19-30/h14-16,18-19,25-29,31-32,35,37-40,42,48H,13,17,20-24H2,1-12H3/t27-,28-,29-,31-,32-,35+,37-,38?,39+,40?/m0/s1. The molecule has 1 aliphatic heterocycles. The van der Waals surface area contributed by atoms with Crippen LogP contribution in [0.4, 0.5) is 0 Å². The second kappa shape index (κ2) is 21.1. The number of ketones is 2. The molecule has 1 aromatic rings. The minimum atomic E-state index is -0.760. The smallest absolute Gasteiger partial charge is 0.226 e. The third kappa shape index (κ3) is 11.7. The topological polar surface area (TPSA) is 125 Å². The van der Waals surface area contributed by atoms with Gasteiger partial charge in [-0.2, -0.15) is 0 Å². The Hall–Kier alpha value is -2.66. The van der Waals surface area contributed by atoms with Crippen LogP contribution in [0.1, 0.15) is 106 Å². The Labute approximate surface area is 308 Å². The number of aliphatic hydroxyl groups excluding tert-OH is 1. The maximum atomic E-state index is 14.2. The maximum Gasteiger partial charge on any atom is 0.226 e. The Morgan fingerprint density at radius 3 is 2.04 bits per heavy atom. The van der Waals surface area contributed by atoms with Crippen molar-refractivity contribution < 1.29 is 33.8 Å². The molecule has 51 heavy (non-hydrogen) atoms. The summed E-state index contributed by atoms with van der Waals surface area (Å²) in [5, 5.41) is 14.0. The molecule has 0 saturated carbocycles. The van der Waals surface area contributed by atoms with Gasteiger partial charge in [-0.25, -0.2) is 0 Å². The van der Waals surface area contributed by atoms with Crippen molar-refractivity contribution in [1.29, 1.82) is 0 Å². The SMILES string of the molecule is CC[C@H](C)C([C@@H](CC(=O)N1CCC[C@H]1C(OC)[C@@H](C)C(=O)C[C@H](C)[C@@H](O)c1ccccc1)OC)N(C)C(=O)[C@@H](CC(=O)[C@@H](NC)C(C)C)C(C)C. The van der Waals surface area contributed by atoms with Crippen LogP contribution in [0.5, 0.6) is 0 Å². The molecule has 1 aliphatic rings. The second-order valence-corrected chi connectivity index (χ2v) is 15.6. The van der Waals surface area contributed by atoms with E-state index in [-0.39, 0.29) is 78.4 Å². The van der Waals surface area contributed by atoms with Gasteiger partial charge in [0.05, 0.1) is 42.9 Å². The Bertz CT molecular complexity index is 1240. The van der Waals surface area contributed by atoms with Crippen molar-refractivity contribution in [2.24, 2.45) is 35.5 Å². The normalized spacial score (nSPS) is 20.3. The van der Waals surface area contributed by atoms with E-state index in [0.29, 0.717) is 13.0 Å². The Morgan fingerprint density at radius 2 is 1.53 bits per heavy atom. The Morgan fingerprint density at radius 1 is 0.902 bits per heavy atom. The summed E-state index contributed by atoms with van der Waals surface area (Å²) in [4.78, 5) is 58.7. The lowest BCUT2D eigenvalue weighted by atomic mass is 9.84. The van der Waals surface area contributed by atoms with Gasteiger partial charge < -0.3 is 29.7 Å². The van der Waals surface area contributed by atoms with E-state index in [4.69, 9.17) is 9.47 Å². The molecule has 2 amide bonds. The second-order valence-electron chi connectivity index (χ2n) is 15.6. The lowest BCUT2D eigenvalue weighted by Gasteiger charge is -2.41. The zero-order valence-corrected chi connectivity index (χ0v) is 33.6. The Kier molecular flexibility index (Phi) is 18.4. The average molecular weight is 716 g/mol. The number of methoxy groups -OCH3 is 2. The van der Waals surface area contributed by atoms with Crippen molar-refractivity contribution in [2.75, 3.05) is 34.9 Å². The molecule has 2 unspecified atom stereocenters. The summed E-state index contributed by atoms with van der Waals surface area (Å²) in [7, 11) is 6.72. The number of Topliss-reactive ketones (excluding diaryl/α,β-unsaturated/α-hetero) is 2. The summed E-state index contributed by atoms with van der Waals surface area (Å²) in [5.41, 5.74) is 0.777. The first-order valence-electron chi connectivity index (χ1n) is 19.1. The van der Waals surface area contributed by atoms with Crippen LogP contribution in [0, 0.1) is 35.5 Å². The summed E-state index contributed by atoms with van der Waals surface area (Å²) in [6, 6.07) is 8.35. The van der Waals surface area contributed by atoms with Crippen molar-refractivity contribution in [2.45, 2.75) is 130 Å². The van der Waals surface area contributed by atoms with Gasteiger partial charge >= 0.3 is 0 Å². The van der Waals surface area contributed by atoms with E-state index in [0.717, 1.165) is 18.4 Å². The number of carbonyl (C=O) groups is 4. The third-order valence-corrected chi connectivity index (χ3v) is 11.4. The van der Waals surface area contributed by atoms with Crippen LogP contribution in [0.3, 0.4) is 0 Å². The van der Waals surface area contributed by atoms with Crippen molar-refractivity contribution in [3.05, 3.63) is 35.9 Å². The number of ether oxygens (including phenoxy) is 2. The van der Waals surface area contributed by atoms with E-state index in [1.54, 1.807) is 33.2 Å². The van der Waals surface area contributed by atoms with Gasteiger partial charge in [-0.15, -0.1) is 0 Å². The molecule has 1 aromatic carbocycles. The van der Waals surface area contributed by atoms with Crippen LogP contribution in [-0.2, 0) is 28.7 Å². The van der Waals surface area contributed by atoms with Gasteiger partial charge in [0.15, 0.2) is 5.78 Å². The lowest BCUT2D eigenvalue weighted by molar-refractivity contribution is -0.149. The van der Waals surface area contributed by atoms with Gasteiger partial charge in [-0.1, -0.05) is 92.1 Å². The Balaban J connectivity index is 2.24. The summed E-state index contributed by atoms with van der Waals surface area (Å²) < 4.78 is 12.0. The molecule has 1 saturated heterocycles. The molecule has 1 heterocycles. The molecule has 10 heteroatoms. The van der Waals surface area contributed by atoms with E-state index in [9.17, 15) is 24.3 Å². The van der Waals surface area contributed by atoms with Crippen LogP contribution in [0.2, 0.25) is 0 Å². The molecule has 0 aliphatic carbocycles. The number of nitrogens with zero attached hydrogens (tertiary/aromatic N) is 2. The molecule has 2 N–H and O–H groups in total. The summed E-state index contributed by atoms with van der Waals surface area (Å²) in [6.45, 7) is 16.3. The minimum absolute atomic E-state index is 0.0111. The molecule has 1 fully saturated rings. The van der Waals surface area contributed by atoms with E-state index in [2.05, 4.69) is 19.2 Å². The molecule has 2 rings (SSSR count). The predicted molar refractivity (Wildman–Crippen MR) is 202 cm³/mol. The number of rotatable bonds is 22. The molecule has 0 spiro atoms. The highest BCUT2D eigenvalue weighted by Gasteiger charge is 2.43. The number of benzene rings is 1. The quantitative estimate of drug-likeness (QED) is 0.157. The number of likely N-dealkylation sites (N-methyl/N-ethyl adjacent to an activating group) is 2. The van der Waals surface area contributed by atoms with Crippen molar-refractivity contribution in [3.8, 4) is 0 Å². The summed E-state index contributed by atoms with van der Waals surface area (Å²) in [6.07, 6.45) is 0.834. The monoisotopic (exact) mass is 716 g/mol. The maximum absolute atomic E-state index is 14.2. The zero-order chi connectivity index (χ0) is 38.6. The number of amides is 2. The fourth-order valence-corrected chi connectivity index (χ4v) is 8.01. The average Bonchev–Trinajstić information content (AvgIpc) is 3.59. The third-order valence-electron chi connectivity index (χ3n) is 11.4. The fourth-order valence-electron chi connectivity index (χ4n) is 8.01. The van der Waals surface area contributed by atoms with Crippen LogP contribution in [-0.4, -0.2) is 103 Å². The largest absolute Gasteiger partial charge is 0.388 e. The van der Waals surface area contributed by atoms with Gasteiger partial charge in [-0.05, 0) is 49.1 Å². The van der Waals surface area contributed by atoms with Crippen LogP contribution in [0.25, 0.3) is 0 Å². The molecule has 0 bridgehead atoms. The van der Waals surface area contributed by atoms with Crippen molar-refractivity contribution in [1.82, 2.24) is 15.1 Å². The first kappa shape index (κ1) is 44.5. The number of carbonyl (C=O) groups excluding carboxylic acids is 4. The van der Waals surface area contributed by atoms with Crippen LogP contribution in [0.15, 0.2) is 30.3 Å². The molecule has 10 atom stereocenters. The zero-order valence-electron chi connectivity index (χ0n) is 33.6. The first-order chi connectivity index (χ1) is 24.0. The number of hydrogen-bond acceptors (Lipinski definition) is 8. The lowest BCUT2D eigenvalue weighted by Crippen LogP contribution is -2.54. The predicted octanol–water partition coefficient (Wildman–Crippen LogP) is 5.71. The minimum Gasteiger partial charge on any atom is -0.388 e. The highest BCUT2D eigenvalue weighted by atomic mass is 16.5.